The van der Waals surface area contributed by atoms with Crippen molar-refractivity contribution in [3.8, 4) is 0 Å². The van der Waals surface area contributed by atoms with Gasteiger partial charge in [-0.3, -0.25) is 4.79 Å². The Kier molecular flexibility index (Phi) is 3.30. The van der Waals surface area contributed by atoms with Gasteiger partial charge in [-0.05, 0) is 27.7 Å². The number of pyridine rings is 1. The molecule has 0 spiro atoms. The Morgan fingerprint density at radius 1 is 1.21 bits per heavy atom. The highest BCUT2D eigenvalue weighted by Crippen LogP contribution is 2.36. The zero-order valence-corrected chi connectivity index (χ0v) is 11.3. The van der Waals surface area contributed by atoms with Gasteiger partial charge in [-0.2, -0.15) is 0 Å². The summed E-state index contributed by atoms with van der Waals surface area (Å²) in [6, 6.07) is 0.880. The molecular formula is C12H16BF2NO3. The summed E-state index contributed by atoms with van der Waals surface area (Å²) in [6.45, 7) is 7.34. The van der Waals surface area contributed by atoms with Gasteiger partial charge in [0.05, 0.1) is 11.2 Å². The highest BCUT2D eigenvalue weighted by Gasteiger charge is 2.52. The molecule has 1 aliphatic heterocycles. The second-order valence-electron chi connectivity index (χ2n) is 5.60. The molecule has 0 aromatic carbocycles. The monoisotopic (exact) mass is 271 g/mol. The van der Waals surface area contributed by atoms with Crippen LogP contribution in [0.3, 0.4) is 0 Å². The zero-order chi connectivity index (χ0) is 14.4. The third-order valence-corrected chi connectivity index (χ3v) is 3.73. The fourth-order valence-electron chi connectivity index (χ4n) is 1.86. The summed E-state index contributed by atoms with van der Waals surface area (Å²) in [5.74, 6) is 0. The Morgan fingerprint density at radius 2 is 1.74 bits per heavy atom. The van der Waals surface area contributed by atoms with Gasteiger partial charge in [-0.15, -0.1) is 0 Å². The lowest BCUT2D eigenvalue weighted by Gasteiger charge is -2.32. The summed E-state index contributed by atoms with van der Waals surface area (Å²) in [5, 5.41) is 0. The summed E-state index contributed by atoms with van der Waals surface area (Å²) in [5.41, 5.74) is -2.01. The molecule has 1 N–H and O–H groups in total. The van der Waals surface area contributed by atoms with E-state index in [9.17, 15) is 13.6 Å². The van der Waals surface area contributed by atoms with E-state index in [1.165, 1.54) is 6.20 Å². The molecule has 1 aromatic heterocycles. The summed E-state index contributed by atoms with van der Waals surface area (Å²) >= 11 is 0. The number of nitrogens with one attached hydrogen (secondary N) is 1. The molecule has 0 bridgehead atoms. The molecule has 7 heteroatoms. The molecule has 1 aromatic rings. The minimum absolute atomic E-state index is 0.160. The van der Waals surface area contributed by atoms with Crippen molar-refractivity contribution in [2.24, 2.45) is 0 Å². The van der Waals surface area contributed by atoms with Crippen LogP contribution < -0.4 is 11.0 Å². The largest absolute Gasteiger partial charge is 0.496 e. The maximum atomic E-state index is 13.0. The van der Waals surface area contributed by atoms with Crippen LogP contribution in [0.15, 0.2) is 17.1 Å². The lowest BCUT2D eigenvalue weighted by atomic mass is 9.77. The van der Waals surface area contributed by atoms with Crippen LogP contribution in [-0.2, 0) is 9.31 Å². The predicted octanol–water partition coefficient (Wildman–Crippen LogP) is 1.61. The molecule has 0 unspecified atom stereocenters. The number of H-pyrrole nitrogens is 1. The normalized spacial score (nSPS) is 21.1. The molecule has 0 saturated carbocycles. The van der Waals surface area contributed by atoms with Crippen LogP contribution in [0.1, 0.15) is 39.7 Å². The van der Waals surface area contributed by atoms with E-state index in [4.69, 9.17) is 9.31 Å². The van der Waals surface area contributed by atoms with Gasteiger partial charge in [0.1, 0.15) is 0 Å². The van der Waals surface area contributed by atoms with Crippen molar-refractivity contribution in [3.05, 3.63) is 28.2 Å². The zero-order valence-electron chi connectivity index (χ0n) is 11.3. The average molecular weight is 271 g/mol. The summed E-state index contributed by atoms with van der Waals surface area (Å²) in [4.78, 5) is 13.5. The first-order valence-corrected chi connectivity index (χ1v) is 6.00. The number of halogens is 2. The average Bonchev–Trinajstić information content (AvgIpc) is 2.47. The van der Waals surface area contributed by atoms with Crippen molar-refractivity contribution in [2.75, 3.05) is 0 Å². The van der Waals surface area contributed by atoms with Crippen LogP contribution in [-0.4, -0.2) is 23.3 Å². The number of hydrogen-bond donors (Lipinski definition) is 1. The number of alkyl halides is 2. The van der Waals surface area contributed by atoms with Crippen LogP contribution in [0.5, 0.6) is 0 Å². The maximum absolute atomic E-state index is 13.0. The lowest BCUT2D eigenvalue weighted by molar-refractivity contribution is 0.00578. The van der Waals surface area contributed by atoms with Crippen LogP contribution in [0.4, 0.5) is 8.78 Å². The van der Waals surface area contributed by atoms with Crippen molar-refractivity contribution < 1.29 is 18.1 Å². The summed E-state index contributed by atoms with van der Waals surface area (Å²) in [7, 11) is -0.911. The molecule has 0 radical (unpaired) electrons. The standard InChI is InChI=1S/C12H16BF2NO3/c1-11(2)12(3,4)19-13(18-11)8-6-16-9(17)5-7(8)10(14)15/h5-6,10H,1-4H3,(H,16,17). The van der Waals surface area contributed by atoms with Gasteiger partial charge >= 0.3 is 7.12 Å². The molecule has 1 aliphatic rings. The smallest absolute Gasteiger partial charge is 0.399 e. The van der Waals surface area contributed by atoms with Gasteiger partial charge in [0, 0.05) is 23.3 Å². The first-order valence-electron chi connectivity index (χ1n) is 6.00. The minimum atomic E-state index is -2.75. The van der Waals surface area contributed by atoms with Gasteiger partial charge in [-0.25, -0.2) is 8.78 Å². The molecule has 1 saturated heterocycles. The fourth-order valence-corrected chi connectivity index (χ4v) is 1.86. The number of aromatic amines is 1. The number of hydrogen-bond acceptors (Lipinski definition) is 3. The molecule has 0 aliphatic carbocycles. The van der Waals surface area contributed by atoms with Crippen molar-refractivity contribution in [1.29, 1.82) is 0 Å². The van der Waals surface area contributed by atoms with Crippen molar-refractivity contribution in [2.45, 2.75) is 45.3 Å². The third kappa shape index (κ3) is 2.44. The van der Waals surface area contributed by atoms with Crippen LogP contribution in [0.25, 0.3) is 0 Å². The predicted molar refractivity (Wildman–Crippen MR) is 67.7 cm³/mol. The fraction of sp³-hybridized carbons (Fsp3) is 0.583. The molecule has 2 rings (SSSR count). The van der Waals surface area contributed by atoms with Crippen molar-refractivity contribution in [1.82, 2.24) is 4.98 Å². The third-order valence-electron chi connectivity index (χ3n) is 3.73. The molecular weight excluding hydrogens is 255 g/mol. The Morgan fingerprint density at radius 3 is 2.21 bits per heavy atom. The summed E-state index contributed by atoms with van der Waals surface area (Å²) < 4.78 is 37.4. The van der Waals surface area contributed by atoms with Gasteiger partial charge in [0.2, 0.25) is 5.56 Å². The lowest BCUT2D eigenvalue weighted by Crippen LogP contribution is -2.41. The Balaban J connectivity index is 2.42. The van der Waals surface area contributed by atoms with Gasteiger partial charge in [0.25, 0.3) is 6.43 Å². The van der Waals surface area contributed by atoms with Gasteiger partial charge in [0.15, 0.2) is 0 Å². The Bertz CT molecular complexity index is 526. The molecule has 104 valence electrons. The second-order valence-corrected chi connectivity index (χ2v) is 5.60. The van der Waals surface area contributed by atoms with Crippen LogP contribution in [0.2, 0.25) is 0 Å². The highest BCUT2D eigenvalue weighted by atomic mass is 19.3. The van der Waals surface area contributed by atoms with E-state index in [1.54, 1.807) is 0 Å². The molecule has 0 atom stereocenters. The first-order chi connectivity index (χ1) is 8.64. The SMILES string of the molecule is CC1(C)OB(c2c[nH]c(=O)cc2C(F)F)OC1(C)C. The van der Waals surface area contributed by atoms with E-state index in [-0.39, 0.29) is 11.0 Å². The van der Waals surface area contributed by atoms with Crippen molar-refractivity contribution in [3.63, 3.8) is 0 Å². The van der Waals surface area contributed by atoms with E-state index in [0.29, 0.717) is 0 Å². The van der Waals surface area contributed by atoms with Crippen LogP contribution >= 0.6 is 0 Å². The van der Waals surface area contributed by atoms with Crippen LogP contribution in [0, 0.1) is 0 Å². The molecule has 0 amide bonds. The first kappa shape index (κ1) is 14.2. The summed E-state index contributed by atoms with van der Waals surface area (Å²) in [6.07, 6.45) is -1.53. The quantitative estimate of drug-likeness (QED) is 0.831. The molecule has 2 heterocycles. The second kappa shape index (κ2) is 4.42. The van der Waals surface area contributed by atoms with E-state index < -0.39 is 30.3 Å². The van der Waals surface area contributed by atoms with E-state index in [0.717, 1.165) is 6.07 Å². The van der Waals surface area contributed by atoms with Gasteiger partial charge in [-0.1, -0.05) is 0 Å². The minimum Gasteiger partial charge on any atom is -0.399 e. The van der Waals surface area contributed by atoms with Gasteiger partial charge < -0.3 is 14.3 Å². The van der Waals surface area contributed by atoms with E-state index >= 15 is 0 Å². The maximum Gasteiger partial charge on any atom is 0.496 e. The number of rotatable bonds is 2. The molecule has 4 nitrogen and oxygen atoms in total. The van der Waals surface area contributed by atoms with Crippen molar-refractivity contribution >= 4 is 12.6 Å². The van der Waals surface area contributed by atoms with E-state index in [2.05, 4.69) is 4.98 Å². The molecule has 1 fully saturated rings. The topological polar surface area (TPSA) is 51.3 Å². The number of aromatic nitrogens is 1. The van der Waals surface area contributed by atoms with E-state index in [1.807, 2.05) is 27.7 Å². The highest BCUT2D eigenvalue weighted by molar-refractivity contribution is 6.62. The Hall–Kier alpha value is -1.21. The molecule has 19 heavy (non-hydrogen) atoms. The Labute approximate surface area is 110 Å².